The van der Waals surface area contributed by atoms with Gasteiger partial charge in [-0.1, -0.05) is 20.3 Å². The maximum Gasteiger partial charge on any atom is 0.219 e. The van der Waals surface area contributed by atoms with Crippen molar-refractivity contribution < 1.29 is 4.79 Å². The molecular formula is C11H21NO. The number of nitrogens with zero attached hydrogens (tertiary/aromatic N) is 1. The van der Waals surface area contributed by atoms with Crippen LogP contribution in [-0.2, 0) is 4.79 Å². The van der Waals surface area contributed by atoms with Crippen LogP contribution in [0, 0.1) is 11.3 Å². The summed E-state index contributed by atoms with van der Waals surface area (Å²) in [5, 5.41) is 0. The first-order chi connectivity index (χ1) is 6.02. The largest absolute Gasteiger partial charge is 0.346 e. The van der Waals surface area contributed by atoms with Gasteiger partial charge in [0.15, 0.2) is 0 Å². The normalized spacial score (nSPS) is 20.9. The predicted octanol–water partition coefficient (Wildman–Crippen LogP) is 2.29. The summed E-state index contributed by atoms with van der Waals surface area (Å²) in [5.41, 5.74) is 0.573. The van der Waals surface area contributed by atoms with Crippen LogP contribution < -0.4 is 0 Å². The summed E-state index contributed by atoms with van der Waals surface area (Å²) < 4.78 is 0. The Morgan fingerprint density at radius 1 is 1.54 bits per heavy atom. The van der Waals surface area contributed by atoms with Crippen molar-refractivity contribution in [1.29, 1.82) is 0 Å². The minimum atomic E-state index is 0.179. The maximum atomic E-state index is 11.0. The van der Waals surface area contributed by atoms with E-state index in [-0.39, 0.29) is 5.91 Å². The van der Waals surface area contributed by atoms with E-state index in [0.717, 1.165) is 6.54 Å². The first-order valence-corrected chi connectivity index (χ1v) is 5.23. The highest BCUT2D eigenvalue weighted by molar-refractivity contribution is 5.72. The first-order valence-electron chi connectivity index (χ1n) is 5.23. The quantitative estimate of drug-likeness (QED) is 0.655. The van der Waals surface area contributed by atoms with Gasteiger partial charge in [0, 0.05) is 20.5 Å². The van der Waals surface area contributed by atoms with Gasteiger partial charge in [-0.15, -0.1) is 0 Å². The Morgan fingerprint density at radius 3 is 2.38 bits per heavy atom. The summed E-state index contributed by atoms with van der Waals surface area (Å²) in [6, 6.07) is 0. The van der Waals surface area contributed by atoms with Crippen LogP contribution in [0.2, 0.25) is 0 Å². The summed E-state index contributed by atoms with van der Waals surface area (Å²) in [5.74, 6) is 0.838. The van der Waals surface area contributed by atoms with Crippen molar-refractivity contribution in [3.05, 3.63) is 0 Å². The molecule has 0 bridgehead atoms. The van der Waals surface area contributed by atoms with Crippen molar-refractivity contribution in [2.24, 2.45) is 11.3 Å². The van der Waals surface area contributed by atoms with Gasteiger partial charge in [0.25, 0.3) is 0 Å². The van der Waals surface area contributed by atoms with Crippen LogP contribution in [0.4, 0.5) is 0 Å². The Kier molecular flexibility index (Phi) is 2.99. The van der Waals surface area contributed by atoms with Crippen LogP contribution >= 0.6 is 0 Å². The molecule has 0 aromatic heterocycles. The fraction of sp³-hybridized carbons (Fsp3) is 0.909. The third-order valence-corrected chi connectivity index (χ3v) is 3.73. The van der Waals surface area contributed by atoms with E-state index in [0.29, 0.717) is 11.3 Å². The Balaban J connectivity index is 2.41. The zero-order valence-electron chi connectivity index (χ0n) is 9.26. The van der Waals surface area contributed by atoms with Gasteiger partial charge in [-0.25, -0.2) is 0 Å². The number of amides is 1. The molecule has 1 fully saturated rings. The van der Waals surface area contributed by atoms with Gasteiger partial charge >= 0.3 is 0 Å². The molecule has 0 saturated heterocycles. The molecule has 1 aliphatic rings. The zero-order valence-corrected chi connectivity index (χ0v) is 9.26. The molecule has 1 amide bonds. The zero-order chi connectivity index (χ0) is 10.1. The number of carbonyl (C=O) groups excluding carboxylic acids is 1. The standard InChI is InChI=1S/C11H21NO/c1-5-11(6-7-11)9(2)8-12(4)10(3)13/h9H,5-8H2,1-4H3/t9-/m0/s1. The molecule has 0 radical (unpaired) electrons. The van der Waals surface area contributed by atoms with Gasteiger partial charge < -0.3 is 4.90 Å². The highest BCUT2D eigenvalue weighted by Gasteiger charge is 2.45. The van der Waals surface area contributed by atoms with Crippen molar-refractivity contribution in [3.63, 3.8) is 0 Å². The van der Waals surface area contributed by atoms with E-state index in [1.54, 1.807) is 6.92 Å². The molecule has 0 unspecified atom stereocenters. The molecule has 1 atom stereocenters. The minimum absolute atomic E-state index is 0.179. The molecule has 1 saturated carbocycles. The Bertz CT molecular complexity index is 196. The second-order valence-electron chi connectivity index (χ2n) is 4.52. The molecule has 0 N–H and O–H groups in total. The Hall–Kier alpha value is -0.530. The molecule has 76 valence electrons. The van der Waals surface area contributed by atoms with Gasteiger partial charge in [-0.2, -0.15) is 0 Å². The van der Waals surface area contributed by atoms with Crippen molar-refractivity contribution in [2.45, 2.75) is 40.0 Å². The minimum Gasteiger partial charge on any atom is -0.346 e. The lowest BCUT2D eigenvalue weighted by atomic mass is 9.88. The van der Waals surface area contributed by atoms with E-state index in [1.807, 2.05) is 11.9 Å². The van der Waals surface area contributed by atoms with Crippen LogP contribution in [-0.4, -0.2) is 24.4 Å². The van der Waals surface area contributed by atoms with Gasteiger partial charge in [-0.05, 0) is 24.2 Å². The van der Waals surface area contributed by atoms with Gasteiger partial charge in [0.05, 0.1) is 0 Å². The van der Waals surface area contributed by atoms with Gasteiger partial charge in [-0.3, -0.25) is 4.79 Å². The number of carbonyl (C=O) groups is 1. The summed E-state index contributed by atoms with van der Waals surface area (Å²) in [6.07, 6.45) is 3.98. The van der Waals surface area contributed by atoms with E-state index < -0.39 is 0 Å². The second kappa shape index (κ2) is 3.69. The maximum absolute atomic E-state index is 11.0. The monoisotopic (exact) mass is 183 g/mol. The van der Waals surface area contributed by atoms with Crippen molar-refractivity contribution in [1.82, 2.24) is 4.90 Å². The van der Waals surface area contributed by atoms with Gasteiger partial charge in [0.2, 0.25) is 5.91 Å². The summed E-state index contributed by atoms with van der Waals surface area (Å²) in [6.45, 7) is 7.09. The lowest BCUT2D eigenvalue weighted by molar-refractivity contribution is -0.128. The van der Waals surface area contributed by atoms with E-state index in [1.165, 1.54) is 19.3 Å². The molecule has 13 heavy (non-hydrogen) atoms. The Labute approximate surface area is 81.3 Å². The first kappa shape index (κ1) is 10.6. The summed E-state index contributed by atoms with van der Waals surface area (Å²) >= 11 is 0. The molecule has 1 rings (SSSR count). The smallest absolute Gasteiger partial charge is 0.219 e. The fourth-order valence-electron chi connectivity index (χ4n) is 2.09. The molecule has 2 nitrogen and oxygen atoms in total. The lowest BCUT2D eigenvalue weighted by Gasteiger charge is -2.26. The topological polar surface area (TPSA) is 20.3 Å². The Morgan fingerprint density at radius 2 is 2.08 bits per heavy atom. The van der Waals surface area contributed by atoms with Crippen LogP contribution in [0.25, 0.3) is 0 Å². The van der Waals surface area contributed by atoms with Crippen molar-refractivity contribution in [3.8, 4) is 0 Å². The summed E-state index contributed by atoms with van der Waals surface area (Å²) in [4.78, 5) is 12.9. The fourth-order valence-corrected chi connectivity index (χ4v) is 2.09. The third-order valence-electron chi connectivity index (χ3n) is 3.73. The molecule has 0 spiro atoms. The lowest BCUT2D eigenvalue weighted by Crippen LogP contribution is -2.32. The van der Waals surface area contributed by atoms with Gasteiger partial charge in [0.1, 0.15) is 0 Å². The second-order valence-corrected chi connectivity index (χ2v) is 4.52. The van der Waals surface area contributed by atoms with Crippen LogP contribution in [0.15, 0.2) is 0 Å². The van der Waals surface area contributed by atoms with Crippen LogP contribution in [0.3, 0.4) is 0 Å². The molecule has 0 aromatic rings. The highest BCUT2D eigenvalue weighted by Crippen LogP contribution is 2.54. The van der Waals surface area contributed by atoms with E-state index in [2.05, 4.69) is 13.8 Å². The molecule has 1 aliphatic carbocycles. The average Bonchev–Trinajstić information content (AvgIpc) is 2.84. The van der Waals surface area contributed by atoms with Crippen LogP contribution in [0.5, 0.6) is 0 Å². The number of hydrogen-bond donors (Lipinski definition) is 0. The number of rotatable bonds is 4. The van der Waals surface area contributed by atoms with E-state index in [4.69, 9.17) is 0 Å². The highest BCUT2D eigenvalue weighted by atomic mass is 16.2. The molecular weight excluding hydrogens is 162 g/mol. The molecule has 0 heterocycles. The van der Waals surface area contributed by atoms with Crippen LogP contribution in [0.1, 0.15) is 40.0 Å². The van der Waals surface area contributed by atoms with E-state index in [9.17, 15) is 4.79 Å². The van der Waals surface area contributed by atoms with Crippen molar-refractivity contribution in [2.75, 3.05) is 13.6 Å². The molecule has 0 aliphatic heterocycles. The van der Waals surface area contributed by atoms with E-state index >= 15 is 0 Å². The number of hydrogen-bond acceptors (Lipinski definition) is 1. The third kappa shape index (κ3) is 2.23. The molecule has 2 heteroatoms. The summed E-state index contributed by atoms with van der Waals surface area (Å²) in [7, 11) is 1.89. The molecule has 0 aromatic carbocycles. The predicted molar refractivity (Wildman–Crippen MR) is 54.4 cm³/mol. The van der Waals surface area contributed by atoms with Crippen molar-refractivity contribution >= 4 is 5.91 Å². The SMILES string of the molecule is CCC1([C@@H](C)CN(C)C(C)=O)CC1. The average molecular weight is 183 g/mol.